The zero-order chi connectivity index (χ0) is 13.3. The number of furan rings is 1. The van der Waals surface area contributed by atoms with Gasteiger partial charge < -0.3 is 4.42 Å². The van der Waals surface area contributed by atoms with E-state index in [4.69, 9.17) is 4.42 Å². The van der Waals surface area contributed by atoms with Crippen LogP contribution in [0.5, 0.6) is 0 Å². The predicted octanol–water partition coefficient (Wildman–Crippen LogP) is 5.25. The van der Waals surface area contributed by atoms with Crippen LogP contribution in [0.4, 0.5) is 0 Å². The van der Waals surface area contributed by atoms with E-state index in [9.17, 15) is 0 Å². The van der Waals surface area contributed by atoms with Crippen LogP contribution in [0.2, 0.25) is 0 Å². The molecule has 2 rings (SSSR count). The molecule has 1 unspecified atom stereocenters. The molecular formula is C16H19BrO. The highest BCUT2D eigenvalue weighted by Crippen LogP contribution is 2.36. The maximum absolute atomic E-state index is 5.84. The molecule has 0 aliphatic rings. The zero-order valence-electron chi connectivity index (χ0n) is 11.4. The van der Waals surface area contributed by atoms with E-state index in [1.165, 1.54) is 22.3 Å². The first kappa shape index (κ1) is 13.4. The molecule has 0 N–H and O–H groups in total. The van der Waals surface area contributed by atoms with Crippen molar-refractivity contribution in [2.45, 2.75) is 38.9 Å². The monoisotopic (exact) mass is 306 g/mol. The molecule has 96 valence electrons. The molecule has 1 nitrogen and oxygen atoms in total. The molecule has 2 aromatic rings. The van der Waals surface area contributed by atoms with E-state index >= 15 is 0 Å². The summed E-state index contributed by atoms with van der Waals surface area (Å²) < 4.78 is 5.84. The summed E-state index contributed by atoms with van der Waals surface area (Å²) in [5, 5.41) is 0. The van der Waals surface area contributed by atoms with Gasteiger partial charge in [-0.2, -0.15) is 0 Å². The molecule has 18 heavy (non-hydrogen) atoms. The van der Waals surface area contributed by atoms with Crippen LogP contribution in [0.1, 0.15) is 45.5 Å². The van der Waals surface area contributed by atoms with Gasteiger partial charge in [0.05, 0.1) is 4.83 Å². The van der Waals surface area contributed by atoms with E-state index in [2.05, 4.69) is 67.9 Å². The number of benzene rings is 1. The van der Waals surface area contributed by atoms with Crippen LogP contribution >= 0.6 is 15.9 Å². The summed E-state index contributed by atoms with van der Waals surface area (Å²) in [4.78, 5) is 0.137. The van der Waals surface area contributed by atoms with Crippen molar-refractivity contribution < 1.29 is 4.42 Å². The third kappa shape index (κ3) is 2.54. The van der Waals surface area contributed by atoms with Crippen LogP contribution in [-0.2, 0) is 6.42 Å². The van der Waals surface area contributed by atoms with Crippen LogP contribution in [-0.4, -0.2) is 0 Å². The van der Waals surface area contributed by atoms with Crippen molar-refractivity contribution in [2.75, 3.05) is 0 Å². The van der Waals surface area contributed by atoms with Gasteiger partial charge in [0.15, 0.2) is 0 Å². The minimum absolute atomic E-state index is 0.137. The van der Waals surface area contributed by atoms with Crippen molar-refractivity contribution in [3.05, 3.63) is 58.0 Å². The second kappa shape index (κ2) is 5.31. The van der Waals surface area contributed by atoms with Gasteiger partial charge in [-0.15, -0.1) is 0 Å². The molecule has 0 saturated carbocycles. The fourth-order valence-electron chi connectivity index (χ4n) is 2.45. The summed E-state index contributed by atoms with van der Waals surface area (Å²) in [6.07, 6.45) is 0.936. The molecule has 0 aliphatic carbocycles. The van der Waals surface area contributed by atoms with Gasteiger partial charge in [0.1, 0.15) is 11.5 Å². The number of alkyl halides is 1. The number of aryl methyl sites for hydroxylation is 4. The summed E-state index contributed by atoms with van der Waals surface area (Å²) in [5.41, 5.74) is 5.24. The Balaban J connectivity index is 2.42. The molecule has 1 heterocycles. The molecule has 0 spiro atoms. The minimum atomic E-state index is 0.137. The number of hydrogen-bond donors (Lipinski definition) is 0. The largest absolute Gasteiger partial charge is 0.465 e. The van der Waals surface area contributed by atoms with Gasteiger partial charge in [-0.3, -0.25) is 0 Å². The SMILES string of the molecule is CCc1ccc(C(Br)c2c(C)cc(C)cc2C)o1. The van der Waals surface area contributed by atoms with Crippen molar-refractivity contribution in [1.82, 2.24) is 0 Å². The maximum Gasteiger partial charge on any atom is 0.122 e. The normalized spacial score (nSPS) is 12.7. The highest BCUT2D eigenvalue weighted by molar-refractivity contribution is 9.09. The first-order valence-electron chi connectivity index (χ1n) is 6.33. The lowest BCUT2D eigenvalue weighted by Gasteiger charge is -2.15. The smallest absolute Gasteiger partial charge is 0.122 e. The average molecular weight is 307 g/mol. The molecule has 0 fully saturated rings. The highest BCUT2D eigenvalue weighted by atomic mass is 79.9. The number of halogens is 1. The molecule has 0 radical (unpaired) electrons. The lowest BCUT2D eigenvalue weighted by Crippen LogP contribution is -1.99. The molecule has 1 aromatic carbocycles. The van der Waals surface area contributed by atoms with E-state index in [1.807, 2.05) is 0 Å². The van der Waals surface area contributed by atoms with Gasteiger partial charge in [0.25, 0.3) is 0 Å². The van der Waals surface area contributed by atoms with E-state index < -0.39 is 0 Å². The van der Waals surface area contributed by atoms with Crippen LogP contribution in [0, 0.1) is 20.8 Å². The van der Waals surface area contributed by atoms with Crippen molar-refractivity contribution in [1.29, 1.82) is 0 Å². The Kier molecular flexibility index (Phi) is 3.96. The van der Waals surface area contributed by atoms with Crippen LogP contribution in [0.25, 0.3) is 0 Å². The van der Waals surface area contributed by atoms with E-state index in [0.29, 0.717) is 0 Å². The van der Waals surface area contributed by atoms with Gasteiger partial charge in [0.2, 0.25) is 0 Å². The third-order valence-electron chi connectivity index (χ3n) is 3.27. The molecule has 1 atom stereocenters. The lowest BCUT2D eigenvalue weighted by atomic mass is 9.96. The number of rotatable bonds is 3. The molecular weight excluding hydrogens is 288 g/mol. The van der Waals surface area contributed by atoms with Gasteiger partial charge in [0, 0.05) is 6.42 Å². The van der Waals surface area contributed by atoms with Crippen LogP contribution in [0.3, 0.4) is 0 Å². The van der Waals surface area contributed by atoms with Gasteiger partial charge in [-0.05, 0) is 49.6 Å². The second-order valence-electron chi connectivity index (χ2n) is 4.83. The maximum atomic E-state index is 5.84. The van der Waals surface area contributed by atoms with Gasteiger partial charge in [-0.25, -0.2) is 0 Å². The summed E-state index contributed by atoms with van der Waals surface area (Å²) >= 11 is 3.77. The first-order chi connectivity index (χ1) is 8.52. The molecule has 1 aromatic heterocycles. The Bertz CT molecular complexity index is 531. The molecule has 0 saturated heterocycles. The zero-order valence-corrected chi connectivity index (χ0v) is 13.0. The third-order valence-corrected chi connectivity index (χ3v) is 4.18. The Labute approximate surface area is 117 Å². The molecule has 2 heteroatoms. The topological polar surface area (TPSA) is 13.1 Å². The first-order valence-corrected chi connectivity index (χ1v) is 7.25. The summed E-state index contributed by atoms with van der Waals surface area (Å²) in [6.45, 7) is 8.56. The quantitative estimate of drug-likeness (QED) is 0.706. The van der Waals surface area contributed by atoms with Crippen molar-refractivity contribution >= 4 is 15.9 Å². The summed E-state index contributed by atoms with van der Waals surface area (Å²) in [5.74, 6) is 2.03. The lowest BCUT2D eigenvalue weighted by molar-refractivity contribution is 0.477. The Morgan fingerprint density at radius 1 is 1.11 bits per heavy atom. The summed E-state index contributed by atoms with van der Waals surface area (Å²) in [7, 11) is 0. The standard InChI is InChI=1S/C16H19BrO/c1-5-13-6-7-14(18-13)16(17)15-11(3)8-10(2)9-12(15)4/h6-9,16H,5H2,1-4H3. The van der Waals surface area contributed by atoms with E-state index in [-0.39, 0.29) is 4.83 Å². The van der Waals surface area contributed by atoms with Crippen molar-refractivity contribution in [3.63, 3.8) is 0 Å². The Hall–Kier alpha value is -1.02. The molecule has 0 amide bonds. The van der Waals surface area contributed by atoms with Crippen LogP contribution < -0.4 is 0 Å². The van der Waals surface area contributed by atoms with Gasteiger partial charge >= 0.3 is 0 Å². The molecule has 0 aliphatic heterocycles. The fraction of sp³-hybridized carbons (Fsp3) is 0.375. The van der Waals surface area contributed by atoms with Crippen molar-refractivity contribution in [3.8, 4) is 0 Å². The Morgan fingerprint density at radius 2 is 1.72 bits per heavy atom. The van der Waals surface area contributed by atoms with E-state index in [0.717, 1.165) is 17.9 Å². The second-order valence-corrected chi connectivity index (χ2v) is 5.75. The van der Waals surface area contributed by atoms with E-state index in [1.54, 1.807) is 0 Å². The highest BCUT2D eigenvalue weighted by Gasteiger charge is 2.18. The average Bonchev–Trinajstić information content (AvgIpc) is 2.75. The van der Waals surface area contributed by atoms with Crippen molar-refractivity contribution in [2.24, 2.45) is 0 Å². The predicted molar refractivity (Wildman–Crippen MR) is 79.5 cm³/mol. The summed E-state index contributed by atoms with van der Waals surface area (Å²) in [6, 6.07) is 8.57. The Morgan fingerprint density at radius 3 is 2.22 bits per heavy atom. The van der Waals surface area contributed by atoms with Crippen LogP contribution in [0.15, 0.2) is 28.7 Å². The minimum Gasteiger partial charge on any atom is -0.465 e. The van der Waals surface area contributed by atoms with Gasteiger partial charge in [-0.1, -0.05) is 40.5 Å². The molecule has 0 bridgehead atoms. The number of hydrogen-bond acceptors (Lipinski definition) is 1. The fourth-order valence-corrected chi connectivity index (χ4v) is 3.42.